The van der Waals surface area contributed by atoms with Crippen LogP contribution >= 0.6 is 23.2 Å². The van der Waals surface area contributed by atoms with Crippen LogP contribution in [-0.2, 0) is 11.2 Å². The van der Waals surface area contributed by atoms with Crippen molar-refractivity contribution in [3.63, 3.8) is 0 Å². The Morgan fingerprint density at radius 2 is 1.76 bits per heavy atom. The minimum absolute atomic E-state index is 0.0134. The molecule has 0 spiro atoms. The Labute approximate surface area is 135 Å². The van der Waals surface area contributed by atoms with Gasteiger partial charge in [0.15, 0.2) is 0 Å². The standard InChI is InChI=1S/C17H17Cl2NO/c1-12-5-7-13(8-6-12)3-2-4-17(21)20-14-9-10-15(18)16(19)11-14/h5-11H,2-4H2,1H3,(H,20,21). The van der Waals surface area contributed by atoms with Crippen molar-refractivity contribution in [3.8, 4) is 0 Å². The van der Waals surface area contributed by atoms with Gasteiger partial charge in [0.05, 0.1) is 10.0 Å². The molecule has 0 radical (unpaired) electrons. The van der Waals surface area contributed by atoms with Gasteiger partial charge in [-0.2, -0.15) is 0 Å². The maximum Gasteiger partial charge on any atom is 0.224 e. The molecule has 1 amide bonds. The van der Waals surface area contributed by atoms with Crippen LogP contribution < -0.4 is 5.32 Å². The number of carbonyl (C=O) groups excluding carboxylic acids is 1. The number of anilines is 1. The molecule has 0 bridgehead atoms. The van der Waals surface area contributed by atoms with Gasteiger partial charge in [-0.05, 0) is 43.5 Å². The molecule has 0 fully saturated rings. The van der Waals surface area contributed by atoms with Gasteiger partial charge in [0.1, 0.15) is 0 Å². The lowest BCUT2D eigenvalue weighted by Crippen LogP contribution is -2.11. The fourth-order valence-corrected chi connectivity index (χ4v) is 2.30. The summed E-state index contributed by atoms with van der Waals surface area (Å²) in [5.74, 6) is -0.0134. The van der Waals surface area contributed by atoms with Gasteiger partial charge in [-0.3, -0.25) is 4.79 Å². The zero-order valence-electron chi connectivity index (χ0n) is 11.8. The molecule has 110 valence electrons. The van der Waals surface area contributed by atoms with Crippen LogP contribution in [0.1, 0.15) is 24.0 Å². The van der Waals surface area contributed by atoms with Gasteiger partial charge in [0.25, 0.3) is 0 Å². The number of hydrogen-bond donors (Lipinski definition) is 1. The van der Waals surface area contributed by atoms with E-state index in [9.17, 15) is 4.79 Å². The Morgan fingerprint density at radius 1 is 1.05 bits per heavy atom. The number of amides is 1. The molecule has 2 nitrogen and oxygen atoms in total. The molecule has 0 atom stereocenters. The highest BCUT2D eigenvalue weighted by Crippen LogP contribution is 2.25. The van der Waals surface area contributed by atoms with Crippen LogP contribution in [0.25, 0.3) is 0 Å². The van der Waals surface area contributed by atoms with Crippen LogP contribution in [0.2, 0.25) is 10.0 Å². The average molecular weight is 322 g/mol. The van der Waals surface area contributed by atoms with E-state index in [1.165, 1.54) is 11.1 Å². The van der Waals surface area contributed by atoms with Gasteiger partial charge in [0, 0.05) is 12.1 Å². The van der Waals surface area contributed by atoms with Crippen molar-refractivity contribution in [1.29, 1.82) is 0 Å². The van der Waals surface area contributed by atoms with E-state index in [1.54, 1.807) is 18.2 Å². The van der Waals surface area contributed by atoms with E-state index in [-0.39, 0.29) is 5.91 Å². The summed E-state index contributed by atoms with van der Waals surface area (Å²) in [4.78, 5) is 11.9. The smallest absolute Gasteiger partial charge is 0.224 e. The predicted octanol–water partition coefficient (Wildman–Crippen LogP) is 5.26. The van der Waals surface area contributed by atoms with Crippen LogP contribution in [0, 0.1) is 6.92 Å². The van der Waals surface area contributed by atoms with E-state index in [4.69, 9.17) is 23.2 Å². The number of carbonyl (C=O) groups is 1. The lowest BCUT2D eigenvalue weighted by Gasteiger charge is -2.06. The number of rotatable bonds is 5. The first kappa shape index (κ1) is 15.9. The average Bonchev–Trinajstić information content (AvgIpc) is 2.45. The van der Waals surface area contributed by atoms with Gasteiger partial charge in [0.2, 0.25) is 5.91 Å². The van der Waals surface area contributed by atoms with Crippen LogP contribution in [0.4, 0.5) is 5.69 Å². The van der Waals surface area contributed by atoms with Crippen molar-refractivity contribution in [2.24, 2.45) is 0 Å². The Hall–Kier alpha value is -1.51. The van der Waals surface area contributed by atoms with Crippen molar-refractivity contribution in [1.82, 2.24) is 0 Å². The number of benzene rings is 2. The molecule has 0 unspecified atom stereocenters. The second-order valence-electron chi connectivity index (χ2n) is 5.02. The van der Waals surface area contributed by atoms with E-state index in [2.05, 4.69) is 36.5 Å². The van der Waals surface area contributed by atoms with Gasteiger partial charge in [-0.15, -0.1) is 0 Å². The van der Waals surface area contributed by atoms with Gasteiger partial charge in [-0.25, -0.2) is 0 Å². The lowest BCUT2D eigenvalue weighted by molar-refractivity contribution is -0.116. The largest absolute Gasteiger partial charge is 0.326 e. The van der Waals surface area contributed by atoms with Crippen molar-refractivity contribution in [3.05, 3.63) is 63.6 Å². The molecule has 0 aliphatic rings. The van der Waals surface area contributed by atoms with E-state index in [1.807, 2.05) is 0 Å². The van der Waals surface area contributed by atoms with Crippen molar-refractivity contribution >= 4 is 34.8 Å². The second-order valence-corrected chi connectivity index (χ2v) is 5.83. The normalized spacial score (nSPS) is 10.4. The Kier molecular flexibility index (Phi) is 5.66. The number of halogens is 2. The first-order chi connectivity index (χ1) is 10.0. The van der Waals surface area contributed by atoms with Crippen LogP contribution in [0.15, 0.2) is 42.5 Å². The fourth-order valence-electron chi connectivity index (χ4n) is 2.01. The van der Waals surface area contributed by atoms with Crippen LogP contribution in [0.5, 0.6) is 0 Å². The molecule has 4 heteroatoms. The van der Waals surface area contributed by atoms with Crippen molar-refractivity contribution < 1.29 is 4.79 Å². The van der Waals surface area contributed by atoms with Crippen LogP contribution in [-0.4, -0.2) is 5.91 Å². The van der Waals surface area contributed by atoms with E-state index in [0.29, 0.717) is 22.2 Å². The van der Waals surface area contributed by atoms with E-state index < -0.39 is 0 Å². The minimum atomic E-state index is -0.0134. The van der Waals surface area contributed by atoms with E-state index in [0.717, 1.165) is 12.8 Å². The maximum atomic E-state index is 11.9. The molecular weight excluding hydrogens is 305 g/mol. The molecule has 0 saturated heterocycles. The number of nitrogens with one attached hydrogen (secondary N) is 1. The molecule has 2 rings (SSSR count). The summed E-state index contributed by atoms with van der Waals surface area (Å²) in [6.07, 6.45) is 2.19. The molecule has 2 aromatic rings. The summed E-state index contributed by atoms with van der Waals surface area (Å²) < 4.78 is 0. The summed E-state index contributed by atoms with van der Waals surface area (Å²) in [7, 11) is 0. The highest BCUT2D eigenvalue weighted by molar-refractivity contribution is 6.42. The first-order valence-electron chi connectivity index (χ1n) is 6.85. The SMILES string of the molecule is Cc1ccc(CCCC(=O)Nc2ccc(Cl)c(Cl)c2)cc1. The fraction of sp³-hybridized carbons (Fsp3) is 0.235. The molecule has 0 aromatic heterocycles. The summed E-state index contributed by atoms with van der Waals surface area (Å²) in [5.41, 5.74) is 3.17. The third-order valence-electron chi connectivity index (χ3n) is 3.19. The zero-order valence-corrected chi connectivity index (χ0v) is 13.3. The second kappa shape index (κ2) is 7.48. The number of aryl methyl sites for hydroxylation is 2. The third-order valence-corrected chi connectivity index (χ3v) is 3.93. The predicted molar refractivity (Wildman–Crippen MR) is 89.2 cm³/mol. The maximum absolute atomic E-state index is 11.9. The lowest BCUT2D eigenvalue weighted by atomic mass is 10.1. The van der Waals surface area contributed by atoms with Crippen molar-refractivity contribution in [2.75, 3.05) is 5.32 Å². The monoisotopic (exact) mass is 321 g/mol. The quantitative estimate of drug-likeness (QED) is 0.799. The number of hydrogen-bond acceptors (Lipinski definition) is 1. The summed E-state index contributed by atoms with van der Waals surface area (Å²) in [5, 5.41) is 3.74. The molecule has 1 N–H and O–H groups in total. The van der Waals surface area contributed by atoms with E-state index >= 15 is 0 Å². The van der Waals surface area contributed by atoms with Gasteiger partial charge >= 0.3 is 0 Å². The molecule has 0 aliphatic heterocycles. The summed E-state index contributed by atoms with van der Waals surface area (Å²) in [6.45, 7) is 2.06. The molecule has 2 aromatic carbocycles. The summed E-state index contributed by atoms with van der Waals surface area (Å²) >= 11 is 11.7. The molecule has 0 heterocycles. The van der Waals surface area contributed by atoms with Crippen molar-refractivity contribution in [2.45, 2.75) is 26.2 Å². The highest BCUT2D eigenvalue weighted by Gasteiger charge is 2.05. The Morgan fingerprint density at radius 3 is 2.43 bits per heavy atom. The van der Waals surface area contributed by atoms with Gasteiger partial charge < -0.3 is 5.32 Å². The first-order valence-corrected chi connectivity index (χ1v) is 7.60. The van der Waals surface area contributed by atoms with Crippen LogP contribution in [0.3, 0.4) is 0 Å². The summed E-state index contributed by atoms with van der Waals surface area (Å²) in [6, 6.07) is 13.5. The Balaban J connectivity index is 1.79. The van der Waals surface area contributed by atoms with Gasteiger partial charge in [-0.1, -0.05) is 53.0 Å². The third kappa shape index (κ3) is 5.07. The molecule has 0 saturated carbocycles. The molecule has 21 heavy (non-hydrogen) atoms. The topological polar surface area (TPSA) is 29.1 Å². The Bertz CT molecular complexity index is 623. The highest BCUT2D eigenvalue weighted by atomic mass is 35.5. The minimum Gasteiger partial charge on any atom is -0.326 e. The molecular formula is C17H17Cl2NO. The molecule has 0 aliphatic carbocycles. The zero-order chi connectivity index (χ0) is 15.2.